The predicted octanol–water partition coefficient (Wildman–Crippen LogP) is 0.0287. The van der Waals surface area contributed by atoms with E-state index in [2.05, 4.69) is 10.4 Å². The number of hydrogen-bond donors (Lipinski definition) is 2. The topological polar surface area (TPSA) is 55.9 Å². The van der Waals surface area contributed by atoms with Crippen molar-refractivity contribution in [1.82, 2.24) is 9.66 Å². The molecule has 0 bridgehead atoms. The summed E-state index contributed by atoms with van der Waals surface area (Å²) < 4.78 is 1.73. The Morgan fingerprint density at radius 1 is 1.89 bits per heavy atom. The summed E-state index contributed by atoms with van der Waals surface area (Å²) in [6, 6.07) is 0. The second-order valence-corrected chi connectivity index (χ2v) is 1.72. The molecule has 0 radical (unpaired) electrons. The maximum Gasteiger partial charge on any atom is 0.143 e. The lowest BCUT2D eigenvalue weighted by molar-refractivity contribution is 0.862. The summed E-state index contributed by atoms with van der Waals surface area (Å²) in [7, 11) is 0. The Labute approximate surface area is 53.7 Å². The number of hydrogen-bond acceptors (Lipinski definition) is 3. The summed E-state index contributed by atoms with van der Waals surface area (Å²) >= 11 is 0. The molecule has 3 N–H and O–H groups in total. The smallest absolute Gasteiger partial charge is 0.143 e. The molecule has 0 spiro atoms. The quantitative estimate of drug-likeness (QED) is 0.587. The number of anilines is 1. The van der Waals surface area contributed by atoms with Crippen LogP contribution in [-0.4, -0.2) is 16.2 Å². The Morgan fingerprint density at radius 3 is 3.11 bits per heavy atom. The predicted molar refractivity (Wildman–Crippen MR) is 36.5 cm³/mol. The Morgan fingerprint density at radius 2 is 2.67 bits per heavy atom. The second-order valence-electron chi connectivity index (χ2n) is 1.72. The molecule has 0 aliphatic carbocycles. The lowest BCUT2D eigenvalue weighted by Crippen LogP contribution is -2.10. The molecule has 1 heterocycles. The van der Waals surface area contributed by atoms with Gasteiger partial charge in [-0.15, -0.1) is 0 Å². The number of nitrogens with two attached hydrogens (primary N) is 1. The van der Waals surface area contributed by atoms with Crippen molar-refractivity contribution in [2.75, 3.05) is 17.7 Å². The summed E-state index contributed by atoms with van der Waals surface area (Å²) in [6.07, 6.45) is 3.36. The zero-order chi connectivity index (χ0) is 6.69. The van der Waals surface area contributed by atoms with Crippen LogP contribution in [0.5, 0.6) is 0 Å². The lowest BCUT2D eigenvalue weighted by atomic mass is 10.8. The monoisotopic (exact) mass is 126 g/mol. The SMILES string of the molecule is CCNn1cnc(N)c1. The van der Waals surface area contributed by atoms with E-state index in [-0.39, 0.29) is 0 Å². The van der Waals surface area contributed by atoms with E-state index in [1.165, 1.54) is 0 Å². The van der Waals surface area contributed by atoms with Crippen LogP contribution in [0.25, 0.3) is 0 Å². The van der Waals surface area contributed by atoms with Crippen molar-refractivity contribution in [3.63, 3.8) is 0 Å². The van der Waals surface area contributed by atoms with E-state index in [1.807, 2.05) is 6.92 Å². The number of nitrogen functional groups attached to an aromatic ring is 1. The van der Waals surface area contributed by atoms with Crippen molar-refractivity contribution in [2.45, 2.75) is 6.92 Å². The van der Waals surface area contributed by atoms with Crippen LogP contribution in [0.1, 0.15) is 6.92 Å². The highest BCUT2D eigenvalue weighted by Gasteiger charge is 1.87. The number of imidazole rings is 1. The normalized spacial score (nSPS) is 9.44. The minimum absolute atomic E-state index is 0.538. The maximum absolute atomic E-state index is 5.34. The number of aromatic nitrogens is 2. The van der Waals surface area contributed by atoms with E-state index >= 15 is 0 Å². The average Bonchev–Trinajstić information content (AvgIpc) is 2.17. The summed E-state index contributed by atoms with van der Waals surface area (Å²) in [4.78, 5) is 3.81. The van der Waals surface area contributed by atoms with Gasteiger partial charge in [-0.3, -0.25) is 4.68 Å². The average molecular weight is 126 g/mol. The Balaban J connectivity index is 2.61. The van der Waals surface area contributed by atoms with Gasteiger partial charge in [0.25, 0.3) is 0 Å². The molecule has 0 aliphatic heterocycles. The molecule has 0 fully saturated rings. The van der Waals surface area contributed by atoms with Gasteiger partial charge in [0.1, 0.15) is 12.1 Å². The first kappa shape index (κ1) is 5.94. The lowest BCUT2D eigenvalue weighted by Gasteiger charge is -1.99. The van der Waals surface area contributed by atoms with Gasteiger partial charge in [0.05, 0.1) is 6.20 Å². The molecule has 1 rings (SSSR count). The number of nitrogens with one attached hydrogen (secondary N) is 1. The van der Waals surface area contributed by atoms with Gasteiger partial charge in [-0.05, 0) is 6.92 Å². The summed E-state index contributed by atoms with van der Waals surface area (Å²) in [5.74, 6) is 0.538. The third-order valence-corrected chi connectivity index (χ3v) is 0.943. The molecule has 0 aliphatic rings. The standard InChI is InChI=1S/C5H10N4/c1-2-8-9-3-5(6)7-4-9/h3-4,8H,2,6H2,1H3. The molecule has 1 aromatic heterocycles. The molecule has 0 saturated heterocycles. The third kappa shape index (κ3) is 1.35. The highest BCUT2D eigenvalue weighted by atomic mass is 15.4. The van der Waals surface area contributed by atoms with Gasteiger partial charge >= 0.3 is 0 Å². The van der Waals surface area contributed by atoms with Crippen molar-refractivity contribution < 1.29 is 0 Å². The fraction of sp³-hybridized carbons (Fsp3) is 0.400. The summed E-state index contributed by atoms with van der Waals surface area (Å²) in [5, 5.41) is 0. The first-order chi connectivity index (χ1) is 4.33. The number of nitrogens with zero attached hydrogens (tertiary/aromatic N) is 2. The molecule has 0 aromatic carbocycles. The largest absolute Gasteiger partial charge is 0.382 e. The van der Waals surface area contributed by atoms with Crippen molar-refractivity contribution in [1.29, 1.82) is 0 Å². The minimum atomic E-state index is 0.538. The Kier molecular flexibility index (Phi) is 1.58. The van der Waals surface area contributed by atoms with Crippen LogP contribution >= 0.6 is 0 Å². The zero-order valence-electron chi connectivity index (χ0n) is 5.33. The van der Waals surface area contributed by atoms with Gasteiger partial charge in [-0.2, -0.15) is 0 Å². The second kappa shape index (κ2) is 2.39. The van der Waals surface area contributed by atoms with Gasteiger partial charge in [0.2, 0.25) is 0 Å². The van der Waals surface area contributed by atoms with Crippen molar-refractivity contribution in [3.8, 4) is 0 Å². The first-order valence-corrected chi connectivity index (χ1v) is 2.86. The van der Waals surface area contributed by atoms with Crippen molar-refractivity contribution in [3.05, 3.63) is 12.5 Å². The summed E-state index contributed by atoms with van der Waals surface area (Å²) in [5.41, 5.74) is 8.34. The van der Waals surface area contributed by atoms with Crippen LogP contribution in [0.2, 0.25) is 0 Å². The van der Waals surface area contributed by atoms with Gasteiger partial charge < -0.3 is 11.2 Å². The van der Waals surface area contributed by atoms with Crippen molar-refractivity contribution >= 4 is 5.82 Å². The van der Waals surface area contributed by atoms with Crippen LogP contribution in [0.3, 0.4) is 0 Å². The van der Waals surface area contributed by atoms with E-state index < -0.39 is 0 Å². The molecular weight excluding hydrogens is 116 g/mol. The van der Waals surface area contributed by atoms with E-state index in [9.17, 15) is 0 Å². The minimum Gasteiger partial charge on any atom is -0.382 e. The maximum atomic E-state index is 5.34. The van der Waals surface area contributed by atoms with Crippen LogP contribution in [-0.2, 0) is 0 Å². The van der Waals surface area contributed by atoms with Crippen molar-refractivity contribution in [2.24, 2.45) is 0 Å². The third-order valence-electron chi connectivity index (χ3n) is 0.943. The van der Waals surface area contributed by atoms with Gasteiger partial charge in [-0.1, -0.05) is 0 Å². The molecule has 0 unspecified atom stereocenters. The van der Waals surface area contributed by atoms with Crippen LogP contribution in [0, 0.1) is 0 Å². The van der Waals surface area contributed by atoms with E-state index in [0.29, 0.717) is 5.82 Å². The fourth-order valence-corrected chi connectivity index (χ4v) is 0.607. The zero-order valence-corrected chi connectivity index (χ0v) is 5.33. The van der Waals surface area contributed by atoms with Crippen LogP contribution in [0.4, 0.5) is 5.82 Å². The molecule has 0 atom stereocenters. The van der Waals surface area contributed by atoms with Gasteiger partial charge in [0, 0.05) is 6.54 Å². The molecule has 0 amide bonds. The molecule has 4 nitrogen and oxygen atoms in total. The Hall–Kier alpha value is -1.19. The highest BCUT2D eigenvalue weighted by Crippen LogP contribution is 1.91. The molecule has 1 aromatic rings. The van der Waals surface area contributed by atoms with Gasteiger partial charge in [0.15, 0.2) is 0 Å². The van der Waals surface area contributed by atoms with Crippen LogP contribution < -0.4 is 11.2 Å². The number of rotatable bonds is 2. The first-order valence-electron chi connectivity index (χ1n) is 2.86. The van der Waals surface area contributed by atoms with E-state index in [0.717, 1.165) is 6.54 Å². The fourth-order valence-electron chi connectivity index (χ4n) is 0.607. The molecular formula is C5H10N4. The van der Waals surface area contributed by atoms with E-state index in [4.69, 9.17) is 5.73 Å². The molecule has 9 heavy (non-hydrogen) atoms. The van der Waals surface area contributed by atoms with E-state index in [1.54, 1.807) is 17.2 Å². The molecule has 4 heteroatoms. The highest BCUT2D eigenvalue weighted by molar-refractivity contribution is 5.22. The summed E-state index contributed by atoms with van der Waals surface area (Å²) in [6.45, 7) is 2.88. The Bertz CT molecular complexity index is 181. The molecule has 50 valence electrons. The van der Waals surface area contributed by atoms with Crippen LogP contribution in [0.15, 0.2) is 12.5 Å². The molecule has 0 saturated carbocycles. The van der Waals surface area contributed by atoms with Gasteiger partial charge in [-0.25, -0.2) is 4.98 Å².